The smallest absolute Gasteiger partial charge is 0.273 e. The second-order valence-corrected chi connectivity index (χ2v) is 12.0. The minimum absolute atomic E-state index is 0.0765. The third-order valence-corrected chi connectivity index (χ3v) is 8.10. The van der Waals surface area contributed by atoms with Crippen LogP contribution in [-0.4, -0.2) is 33.8 Å². The fourth-order valence-electron chi connectivity index (χ4n) is 5.28. The molecule has 10 heteroatoms. The van der Waals surface area contributed by atoms with Gasteiger partial charge in [-0.05, 0) is 80.3 Å². The van der Waals surface area contributed by atoms with Gasteiger partial charge < -0.3 is 10.2 Å². The fraction of sp³-hybridized carbons (Fsp3) is 0.556. The quantitative estimate of drug-likeness (QED) is 0.0714. The zero-order chi connectivity index (χ0) is 33.7. The number of unbranched alkanes of at least 4 members (excludes halogenated alkanes) is 7. The summed E-state index contributed by atoms with van der Waals surface area (Å²) < 4.78 is 0. The number of nitrogens with one attached hydrogen (secondary N) is 4. The SMILES string of the molecule is CCCCCCC(CCCC(=O)NNC(=O)c1cc(CCCCC)ccc1O)C(=O)NNC(=O)c1cc(CCCCC)ccc1O. The summed E-state index contributed by atoms with van der Waals surface area (Å²) in [6.07, 6.45) is 13.3. The maximum Gasteiger partial charge on any atom is 0.273 e. The maximum atomic E-state index is 13.1. The minimum atomic E-state index is -0.607. The van der Waals surface area contributed by atoms with Gasteiger partial charge >= 0.3 is 0 Å². The molecule has 2 aromatic rings. The summed E-state index contributed by atoms with van der Waals surface area (Å²) in [4.78, 5) is 51.0. The molecule has 46 heavy (non-hydrogen) atoms. The predicted octanol–water partition coefficient (Wildman–Crippen LogP) is 6.54. The van der Waals surface area contributed by atoms with Gasteiger partial charge in [-0.15, -0.1) is 0 Å². The van der Waals surface area contributed by atoms with Crippen molar-refractivity contribution >= 4 is 23.6 Å². The van der Waals surface area contributed by atoms with Crippen LogP contribution < -0.4 is 21.7 Å². The number of rotatable bonds is 20. The molecular formula is C36H54N4O6. The number of carbonyl (C=O) groups is 4. The first kappa shape index (κ1) is 38.1. The van der Waals surface area contributed by atoms with Gasteiger partial charge in [-0.25, -0.2) is 0 Å². The Morgan fingerprint density at radius 2 is 1.07 bits per heavy atom. The second kappa shape index (κ2) is 21.6. The van der Waals surface area contributed by atoms with Crippen LogP contribution in [0.4, 0.5) is 0 Å². The number of hydrogen-bond donors (Lipinski definition) is 6. The standard InChI is InChI=1S/C36H54N4O6/c1-4-7-10-13-17-28(34(44)38-40-36(46)30-25-27(16-12-9-6-3)21-23-32(30)42)18-14-19-33(43)37-39-35(45)29-24-26(15-11-8-5-2)20-22-31(29)41/h20-25,28,41-42H,4-19H2,1-3H3,(H,37,43)(H,38,44)(H,39,45)(H,40,46). The van der Waals surface area contributed by atoms with Crippen LogP contribution in [-0.2, 0) is 22.4 Å². The highest BCUT2D eigenvalue weighted by Crippen LogP contribution is 2.22. The van der Waals surface area contributed by atoms with Gasteiger partial charge in [0, 0.05) is 12.3 Å². The van der Waals surface area contributed by atoms with E-state index in [0.29, 0.717) is 19.3 Å². The van der Waals surface area contributed by atoms with Crippen molar-refractivity contribution in [2.24, 2.45) is 5.92 Å². The summed E-state index contributed by atoms with van der Waals surface area (Å²) >= 11 is 0. The van der Waals surface area contributed by atoms with Crippen molar-refractivity contribution in [2.75, 3.05) is 0 Å². The highest BCUT2D eigenvalue weighted by molar-refractivity contribution is 5.98. The van der Waals surface area contributed by atoms with Crippen LogP contribution in [0.15, 0.2) is 36.4 Å². The average molecular weight is 639 g/mol. The molecule has 10 nitrogen and oxygen atoms in total. The van der Waals surface area contributed by atoms with E-state index >= 15 is 0 Å². The van der Waals surface area contributed by atoms with E-state index in [4.69, 9.17) is 0 Å². The van der Waals surface area contributed by atoms with E-state index in [0.717, 1.165) is 88.2 Å². The van der Waals surface area contributed by atoms with Crippen molar-refractivity contribution < 1.29 is 29.4 Å². The molecule has 1 atom stereocenters. The number of carbonyl (C=O) groups excluding carboxylic acids is 4. The molecule has 4 amide bonds. The predicted molar refractivity (Wildman–Crippen MR) is 180 cm³/mol. The normalized spacial score (nSPS) is 11.5. The van der Waals surface area contributed by atoms with Gasteiger partial charge in [0.2, 0.25) is 11.8 Å². The molecule has 0 saturated carbocycles. The van der Waals surface area contributed by atoms with Crippen LogP contribution in [0.5, 0.6) is 11.5 Å². The van der Waals surface area contributed by atoms with E-state index in [1.165, 1.54) is 12.1 Å². The Morgan fingerprint density at radius 3 is 1.59 bits per heavy atom. The second-order valence-electron chi connectivity index (χ2n) is 12.0. The van der Waals surface area contributed by atoms with Gasteiger partial charge in [0.05, 0.1) is 11.1 Å². The molecule has 0 bridgehead atoms. The summed E-state index contributed by atoms with van der Waals surface area (Å²) in [6, 6.07) is 9.86. The van der Waals surface area contributed by atoms with Gasteiger partial charge in [0.25, 0.3) is 11.8 Å². The van der Waals surface area contributed by atoms with Crippen molar-refractivity contribution in [3.63, 3.8) is 0 Å². The number of hydrogen-bond acceptors (Lipinski definition) is 6. The van der Waals surface area contributed by atoms with Crippen LogP contribution in [0, 0.1) is 5.92 Å². The molecule has 0 spiro atoms. The summed E-state index contributed by atoms with van der Waals surface area (Å²) in [5.41, 5.74) is 11.8. The lowest BCUT2D eigenvalue weighted by Gasteiger charge is -2.18. The van der Waals surface area contributed by atoms with Gasteiger partial charge in [0.15, 0.2) is 0 Å². The first-order valence-electron chi connectivity index (χ1n) is 17.0. The lowest BCUT2D eigenvalue weighted by Crippen LogP contribution is -2.44. The zero-order valence-electron chi connectivity index (χ0n) is 27.9. The van der Waals surface area contributed by atoms with Gasteiger partial charge in [0.1, 0.15) is 11.5 Å². The van der Waals surface area contributed by atoms with Crippen molar-refractivity contribution in [1.82, 2.24) is 21.7 Å². The number of aromatic hydroxyl groups is 2. The topological polar surface area (TPSA) is 157 Å². The van der Waals surface area contributed by atoms with Crippen LogP contribution in [0.3, 0.4) is 0 Å². The fourth-order valence-corrected chi connectivity index (χ4v) is 5.28. The maximum absolute atomic E-state index is 13.1. The summed E-state index contributed by atoms with van der Waals surface area (Å²) in [7, 11) is 0. The number of phenolic OH excluding ortho intramolecular Hbond substituents is 2. The Labute approximate surface area is 274 Å². The van der Waals surface area contributed by atoms with E-state index in [-0.39, 0.29) is 35.0 Å². The molecule has 6 N–H and O–H groups in total. The number of hydrazine groups is 2. The van der Waals surface area contributed by atoms with E-state index in [2.05, 4.69) is 42.5 Å². The van der Waals surface area contributed by atoms with Gasteiger partial charge in [-0.2, -0.15) is 0 Å². The van der Waals surface area contributed by atoms with Crippen molar-refractivity contribution in [2.45, 2.75) is 124 Å². The van der Waals surface area contributed by atoms with Crippen LogP contribution >= 0.6 is 0 Å². The van der Waals surface area contributed by atoms with Crippen molar-refractivity contribution in [3.8, 4) is 11.5 Å². The number of phenols is 2. The molecule has 0 aliphatic heterocycles. The third kappa shape index (κ3) is 13.9. The minimum Gasteiger partial charge on any atom is -0.507 e. The highest BCUT2D eigenvalue weighted by Gasteiger charge is 2.21. The molecule has 254 valence electrons. The number of benzene rings is 2. The Morgan fingerprint density at radius 1 is 0.587 bits per heavy atom. The lowest BCUT2D eigenvalue weighted by molar-refractivity contribution is -0.127. The Kier molecular flexibility index (Phi) is 17.9. The molecule has 0 aromatic heterocycles. The van der Waals surface area contributed by atoms with Crippen LogP contribution in [0.25, 0.3) is 0 Å². The molecule has 0 saturated heterocycles. The molecular weight excluding hydrogens is 584 g/mol. The molecule has 0 fully saturated rings. The van der Waals surface area contributed by atoms with Crippen molar-refractivity contribution in [3.05, 3.63) is 58.7 Å². The first-order chi connectivity index (χ1) is 22.2. The number of amides is 4. The Balaban J connectivity index is 1.89. The van der Waals surface area contributed by atoms with E-state index in [1.807, 2.05) is 0 Å². The average Bonchev–Trinajstić information content (AvgIpc) is 3.05. The third-order valence-electron chi connectivity index (χ3n) is 8.10. The Hall–Kier alpha value is -4.08. The zero-order valence-corrected chi connectivity index (χ0v) is 27.9. The first-order valence-corrected chi connectivity index (χ1v) is 17.0. The summed E-state index contributed by atoms with van der Waals surface area (Å²) in [5.74, 6) is -2.72. The van der Waals surface area contributed by atoms with E-state index in [1.54, 1.807) is 24.3 Å². The van der Waals surface area contributed by atoms with Gasteiger partial charge in [-0.1, -0.05) is 84.3 Å². The molecule has 0 radical (unpaired) electrons. The van der Waals surface area contributed by atoms with Gasteiger partial charge in [-0.3, -0.25) is 40.9 Å². The van der Waals surface area contributed by atoms with Crippen LogP contribution in [0.1, 0.15) is 143 Å². The lowest BCUT2D eigenvalue weighted by atomic mass is 9.94. The summed E-state index contributed by atoms with van der Waals surface area (Å²) in [5, 5.41) is 20.4. The molecule has 2 rings (SSSR count). The van der Waals surface area contributed by atoms with Crippen LogP contribution in [0.2, 0.25) is 0 Å². The Bertz CT molecular complexity index is 1270. The molecule has 0 aliphatic rings. The molecule has 0 heterocycles. The summed E-state index contributed by atoms with van der Waals surface area (Å²) in [6.45, 7) is 6.34. The van der Waals surface area contributed by atoms with E-state index in [9.17, 15) is 29.4 Å². The van der Waals surface area contributed by atoms with Crippen molar-refractivity contribution in [1.29, 1.82) is 0 Å². The number of aryl methyl sites for hydroxylation is 2. The highest BCUT2D eigenvalue weighted by atomic mass is 16.3. The molecule has 0 aliphatic carbocycles. The van der Waals surface area contributed by atoms with E-state index < -0.39 is 23.6 Å². The molecule has 2 aromatic carbocycles. The molecule has 1 unspecified atom stereocenters. The largest absolute Gasteiger partial charge is 0.507 e. The monoisotopic (exact) mass is 638 g/mol.